The van der Waals surface area contributed by atoms with Crippen molar-refractivity contribution in [1.82, 2.24) is 0 Å². The molecule has 0 saturated carbocycles. The molecule has 92 valence electrons. The molecule has 1 atom stereocenters. The van der Waals surface area contributed by atoms with Crippen LogP contribution in [0.3, 0.4) is 0 Å². The van der Waals surface area contributed by atoms with Gasteiger partial charge in [0.25, 0.3) is 0 Å². The molecule has 15 heavy (non-hydrogen) atoms. The van der Waals surface area contributed by atoms with Crippen molar-refractivity contribution in [3.8, 4) is 0 Å². The number of hydrogen-bond acceptors (Lipinski definition) is 2. The fourth-order valence-corrected chi connectivity index (χ4v) is 1.84. The van der Waals surface area contributed by atoms with Crippen LogP contribution < -0.4 is 0 Å². The minimum atomic E-state index is -1.90. The summed E-state index contributed by atoms with van der Waals surface area (Å²) < 4.78 is 19.6. The van der Waals surface area contributed by atoms with Crippen LogP contribution in [0.1, 0.15) is 34.1 Å². The first-order valence-electron chi connectivity index (χ1n) is 5.52. The Morgan fingerprint density at radius 3 is 2.00 bits per heavy atom. The molecule has 0 aliphatic carbocycles. The molecule has 0 rings (SSSR count). The largest absolute Gasteiger partial charge is 0.413 e. The average Bonchev–Trinajstić information content (AvgIpc) is 2.13. The van der Waals surface area contributed by atoms with Crippen molar-refractivity contribution < 1.29 is 13.9 Å². The predicted octanol–water partition coefficient (Wildman–Crippen LogP) is 3.12. The molecule has 0 saturated heterocycles. The summed E-state index contributed by atoms with van der Waals surface area (Å²) in [5, 5.41) is 9.03. The van der Waals surface area contributed by atoms with Crippen LogP contribution in [0, 0.1) is 0 Å². The summed E-state index contributed by atoms with van der Waals surface area (Å²) in [6.45, 7) is 11.8. The molecule has 0 aromatic rings. The monoisotopic (exact) mass is 236 g/mol. The Hall–Kier alpha value is 0.0669. The predicted molar refractivity (Wildman–Crippen MR) is 64.4 cm³/mol. The Labute approximate surface area is 94.0 Å². The summed E-state index contributed by atoms with van der Waals surface area (Å²) in [4.78, 5) is 0. The molecule has 0 unspecified atom stereocenters. The average molecular weight is 236 g/mol. The standard InChI is InChI=1S/C11H25FO2Si/c1-7-11(12,8-13)9-14-15(5,6)10(2,3)4/h13H,7-9H2,1-6H3/t11-/m1/s1. The van der Waals surface area contributed by atoms with Gasteiger partial charge < -0.3 is 9.53 Å². The van der Waals surface area contributed by atoms with Gasteiger partial charge in [0.15, 0.2) is 14.0 Å². The van der Waals surface area contributed by atoms with Gasteiger partial charge in [-0.25, -0.2) is 4.39 Å². The summed E-state index contributed by atoms with van der Waals surface area (Å²) >= 11 is 0. The lowest BCUT2D eigenvalue weighted by Gasteiger charge is -2.38. The Morgan fingerprint density at radius 2 is 1.73 bits per heavy atom. The highest BCUT2D eigenvalue weighted by molar-refractivity contribution is 6.74. The van der Waals surface area contributed by atoms with Gasteiger partial charge in [-0.3, -0.25) is 0 Å². The Balaban J connectivity index is 4.38. The third kappa shape index (κ3) is 4.21. The first-order valence-corrected chi connectivity index (χ1v) is 8.42. The second-order valence-electron chi connectivity index (χ2n) is 5.71. The summed E-state index contributed by atoms with van der Waals surface area (Å²) in [6, 6.07) is 0. The summed E-state index contributed by atoms with van der Waals surface area (Å²) in [5.41, 5.74) is -1.57. The first-order chi connectivity index (χ1) is 6.58. The number of aliphatic hydroxyl groups excluding tert-OH is 1. The van der Waals surface area contributed by atoms with Crippen molar-refractivity contribution in [2.75, 3.05) is 13.2 Å². The fourth-order valence-electron chi connectivity index (χ4n) is 0.786. The normalized spacial score (nSPS) is 17.6. The van der Waals surface area contributed by atoms with Crippen molar-refractivity contribution in [2.24, 2.45) is 0 Å². The number of rotatable bonds is 5. The van der Waals surface area contributed by atoms with Crippen molar-refractivity contribution in [1.29, 1.82) is 0 Å². The smallest absolute Gasteiger partial charge is 0.192 e. The lowest BCUT2D eigenvalue weighted by molar-refractivity contribution is 0.0178. The molecular weight excluding hydrogens is 211 g/mol. The highest BCUT2D eigenvalue weighted by Crippen LogP contribution is 2.37. The molecule has 0 aromatic heterocycles. The molecule has 0 amide bonds. The van der Waals surface area contributed by atoms with E-state index in [1.54, 1.807) is 6.92 Å². The summed E-state index contributed by atoms with van der Waals surface area (Å²) in [6.07, 6.45) is 0.290. The lowest BCUT2D eigenvalue weighted by atomic mass is 10.1. The number of hydrogen-bond donors (Lipinski definition) is 1. The van der Waals surface area contributed by atoms with Gasteiger partial charge >= 0.3 is 0 Å². The van der Waals surface area contributed by atoms with E-state index >= 15 is 0 Å². The lowest BCUT2D eigenvalue weighted by Crippen LogP contribution is -2.45. The SMILES string of the molecule is CC[C@@](F)(CO)CO[Si](C)(C)C(C)(C)C. The quantitative estimate of drug-likeness (QED) is 0.743. The minimum Gasteiger partial charge on any atom is -0.413 e. The molecule has 0 aromatic carbocycles. The Bertz CT molecular complexity index is 195. The molecule has 0 bridgehead atoms. The molecule has 4 heteroatoms. The van der Waals surface area contributed by atoms with Gasteiger partial charge in [0.05, 0.1) is 13.2 Å². The van der Waals surface area contributed by atoms with Crippen LogP contribution in [0.4, 0.5) is 4.39 Å². The first kappa shape index (κ1) is 15.1. The maximum Gasteiger partial charge on any atom is 0.192 e. The van der Waals surface area contributed by atoms with Gasteiger partial charge in [-0.15, -0.1) is 0 Å². The Morgan fingerprint density at radius 1 is 1.27 bits per heavy atom. The van der Waals surface area contributed by atoms with Crippen LogP contribution in [-0.4, -0.2) is 32.3 Å². The number of aliphatic hydroxyl groups is 1. The third-order valence-electron chi connectivity index (χ3n) is 3.41. The van der Waals surface area contributed by atoms with Crippen molar-refractivity contribution in [2.45, 2.75) is 57.9 Å². The molecule has 0 radical (unpaired) electrons. The third-order valence-corrected chi connectivity index (χ3v) is 7.89. The van der Waals surface area contributed by atoms with E-state index in [9.17, 15) is 4.39 Å². The van der Waals surface area contributed by atoms with E-state index in [1.807, 2.05) is 0 Å². The number of halogens is 1. The molecule has 2 nitrogen and oxygen atoms in total. The van der Waals surface area contributed by atoms with Crippen LogP contribution in [0.5, 0.6) is 0 Å². The summed E-state index contributed by atoms with van der Waals surface area (Å²) in [7, 11) is -1.90. The van der Waals surface area contributed by atoms with Gasteiger partial charge in [-0.05, 0) is 24.6 Å². The van der Waals surface area contributed by atoms with E-state index < -0.39 is 20.6 Å². The van der Waals surface area contributed by atoms with Crippen LogP contribution >= 0.6 is 0 Å². The molecule has 0 aliphatic heterocycles. The Kier molecular flexibility index (Phi) is 4.95. The zero-order chi connectivity index (χ0) is 12.3. The van der Waals surface area contributed by atoms with Crippen LogP contribution in [-0.2, 0) is 4.43 Å². The van der Waals surface area contributed by atoms with E-state index in [-0.39, 0.29) is 18.1 Å². The van der Waals surface area contributed by atoms with Gasteiger partial charge in [0, 0.05) is 0 Å². The highest BCUT2D eigenvalue weighted by Gasteiger charge is 2.39. The topological polar surface area (TPSA) is 29.5 Å². The van der Waals surface area contributed by atoms with Crippen LogP contribution in [0.2, 0.25) is 18.1 Å². The van der Waals surface area contributed by atoms with E-state index in [1.165, 1.54) is 0 Å². The van der Waals surface area contributed by atoms with Gasteiger partial charge in [0.2, 0.25) is 0 Å². The van der Waals surface area contributed by atoms with E-state index in [4.69, 9.17) is 9.53 Å². The molecule has 0 aliphatic rings. The molecule has 0 heterocycles. The molecule has 1 N–H and O–H groups in total. The van der Waals surface area contributed by atoms with E-state index in [0.29, 0.717) is 0 Å². The second-order valence-corrected chi connectivity index (χ2v) is 10.5. The zero-order valence-corrected chi connectivity index (χ0v) is 11.9. The van der Waals surface area contributed by atoms with Gasteiger partial charge in [0.1, 0.15) is 0 Å². The summed E-state index contributed by atoms with van der Waals surface area (Å²) in [5.74, 6) is 0. The van der Waals surface area contributed by atoms with E-state index in [2.05, 4.69) is 33.9 Å². The van der Waals surface area contributed by atoms with E-state index in [0.717, 1.165) is 0 Å². The fraction of sp³-hybridized carbons (Fsp3) is 1.00. The maximum atomic E-state index is 13.8. The zero-order valence-electron chi connectivity index (χ0n) is 10.9. The second kappa shape index (κ2) is 4.93. The molecular formula is C11H25FO2Si. The maximum absolute atomic E-state index is 13.8. The van der Waals surface area contributed by atoms with Gasteiger partial charge in [-0.1, -0.05) is 27.7 Å². The van der Waals surface area contributed by atoms with Crippen LogP contribution in [0.15, 0.2) is 0 Å². The highest BCUT2D eigenvalue weighted by atomic mass is 28.4. The van der Waals surface area contributed by atoms with Crippen molar-refractivity contribution >= 4 is 8.32 Å². The van der Waals surface area contributed by atoms with Crippen LogP contribution in [0.25, 0.3) is 0 Å². The van der Waals surface area contributed by atoms with Crippen molar-refractivity contribution in [3.05, 3.63) is 0 Å². The van der Waals surface area contributed by atoms with Crippen molar-refractivity contribution in [3.63, 3.8) is 0 Å². The minimum absolute atomic E-state index is 0.0104. The number of alkyl halides is 1. The molecule has 0 spiro atoms. The van der Waals surface area contributed by atoms with Gasteiger partial charge in [-0.2, -0.15) is 0 Å². The molecule has 0 fully saturated rings.